The van der Waals surface area contributed by atoms with Gasteiger partial charge in [0.15, 0.2) is 9.84 Å². The molecule has 0 aliphatic heterocycles. The first-order valence-electron chi connectivity index (χ1n) is 4.59. The van der Waals surface area contributed by atoms with Gasteiger partial charge in [-0.2, -0.15) is 0 Å². The van der Waals surface area contributed by atoms with Crippen molar-refractivity contribution >= 4 is 37.2 Å². The smallest absolute Gasteiger partial charge is 0.157 e. The van der Waals surface area contributed by atoms with Gasteiger partial charge in [0.1, 0.15) is 21.7 Å². The molecule has 86 valence electrons. The van der Waals surface area contributed by atoms with Crippen molar-refractivity contribution in [1.82, 2.24) is 9.97 Å². The van der Waals surface area contributed by atoms with E-state index in [1.54, 1.807) is 6.92 Å². The molecule has 16 heavy (non-hydrogen) atoms. The first-order chi connectivity index (χ1) is 7.39. The third-order valence-corrected chi connectivity index (χ3v) is 4.68. The Balaban J connectivity index is 2.62. The molecule has 0 amide bonds. The Labute approximate surface area is 97.3 Å². The first kappa shape index (κ1) is 11.3. The molecule has 5 nitrogen and oxygen atoms in total. The molecule has 2 N–H and O–H groups in total. The van der Waals surface area contributed by atoms with Crippen LogP contribution in [-0.4, -0.2) is 24.6 Å². The summed E-state index contributed by atoms with van der Waals surface area (Å²) in [5, 5.41) is 1.89. The molecular weight excluding hydrogens is 246 g/mol. The SMILES string of the molecule is CC(c1nc(N)c2ccsc2n1)S(C)(=O)=O. The quantitative estimate of drug-likeness (QED) is 0.878. The summed E-state index contributed by atoms with van der Waals surface area (Å²) >= 11 is 1.42. The maximum Gasteiger partial charge on any atom is 0.157 e. The van der Waals surface area contributed by atoms with Crippen molar-refractivity contribution in [3.63, 3.8) is 0 Å². The van der Waals surface area contributed by atoms with E-state index in [0.717, 1.165) is 16.5 Å². The summed E-state index contributed by atoms with van der Waals surface area (Å²) in [6.07, 6.45) is 1.16. The molecule has 0 saturated carbocycles. The summed E-state index contributed by atoms with van der Waals surface area (Å²) in [6, 6.07) is 1.82. The van der Waals surface area contributed by atoms with Gasteiger partial charge in [0.2, 0.25) is 0 Å². The topological polar surface area (TPSA) is 85.9 Å². The van der Waals surface area contributed by atoms with Crippen LogP contribution in [0.3, 0.4) is 0 Å². The lowest BCUT2D eigenvalue weighted by Gasteiger charge is -2.08. The van der Waals surface area contributed by atoms with Gasteiger partial charge in [0.05, 0.1) is 5.39 Å². The van der Waals surface area contributed by atoms with Crippen LogP contribution >= 0.6 is 11.3 Å². The van der Waals surface area contributed by atoms with Gasteiger partial charge < -0.3 is 5.73 Å². The third-order valence-electron chi connectivity index (χ3n) is 2.38. The number of hydrogen-bond acceptors (Lipinski definition) is 6. The van der Waals surface area contributed by atoms with Crippen molar-refractivity contribution in [2.75, 3.05) is 12.0 Å². The van der Waals surface area contributed by atoms with Crippen LogP contribution in [0, 0.1) is 0 Å². The average molecular weight is 257 g/mol. The van der Waals surface area contributed by atoms with Crippen molar-refractivity contribution in [3.8, 4) is 0 Å². The van der Waals surface area contributed by atoms with Gasteiger partial charge in [-0.15, -0.1) is 11.3 Å². The van der Waals surface area contributed by atoms with E-state index < -0.39 is 15.1 Å². The van der Waals surface area contributed by atoms with Crippen molar-refractivity contribution in [1.29, 1.82) is 0 Å². The van der Waals surface area contributed by atoms with Crippen LogP contribution in [0.4, 0.5) is 5.82 Å². The maximum atomic E-state index is 11.4. The Morgan fingerprint density at radius 2 is 2.12 bits per heavy atom. The zero-order chi connectivity index (χ0) is 11.9. The summed E-state index contributed by atoms with van der Waals surface area (Å²) in [7, 11) is -3.20. The van der Waals surface area contributed by atoms with E-state index in [-0.39, 0.29) is 5.82 Å². The fraction of sp³-hybridized carbons (Fsp3) is 0.333. The van der Waals surface area contributed by atoms with E-state index in [4.69, 9.17) is 5.73 Å². The van der Waals surface area contributed by atoms with Gasteiger partial charge in [0, 0.05) is 6.26 Å². The minimum atomic E-state index is -3.20. The minimum absolute atomic E-state index is 0.259. The molecular formula is C9H11N3O2S2. The standard InChI is InChI=1S/C9H11N3O2S2/c1-5(16(2,13)14)8-11-7(10)6-3-4-15-9(6)12-8/h3-5H,1-2H3,(H2,10,11,12). The Bertz CT molecular complexity index is 633. The predicted molar refractivity (Wildman–Crippen MR) is 65.1 cm³/mol. The molecule has 1 atom stereocenters. The van der Waals surface area contributed by atoms with E-state index in [0.29, 0.717) is 5.82 Å². The number of nitrogen functional groups attached to an aromatic ring is 1. The Hall–Kier alpha value is -1.21. The average Bonchev–Trinajstić information content (AvgIpc) is 2.63. The Kier molecular flexibility index (Phi) is 2.59. The van der Waals surface area contributed by atoms with Crippen LogP contribution in [0.25, 0.3) is 10.2 Å². The predicted octanol–water partition coefficient (Wildman–Crippen LogP) is 1.38. The Morgan fingerprint density at radius 1 is 1.44 bits per heavy atom. The zero-order valence-electron chi connectivity index (χ0n) is 8.84. The summed E-state index contributed by atoms with van der Waals surface area (Å²) in [6.45, 7) is 1.56. The molecule has 2 heterocycles. The van der Waals surface area contributed by atoms with Gasteiger partial charge in [-0.1, -0.05) is 0 Å². The number of nitrogens with two attached hydrogens (primary N) is 1. The minimum Gasteiger partial charge on any atom is -0.383 e. The number of fused-ring (bicyclic) bond motifs is 1. The molecule has 0 spiro atoms. The fourth-order valence-electron chi connectivity index (χ4n) is 1.27. The summed E-state index contributed by atoms with van der Waals surface area (Å²) in [5.41, 5.74) is 5.74. The molecule has 0 fully saturated rings. The number of aromatic nitrogens is 2. The highest BCUT2D eigenvalue weighted by molar-refractivity contribution is 7.90. The summed E-state index contributed by atoms with van der Waals surface area (Å²) in [5.74, 6) is 0.590. The summed E-state index contributed by atoms with van der Waals surface area (Å²) < 4.78 is 22.8. The molecule has 0 bridgehead atoms. The molecule has 0 aromatic carbocycles. The van der Waals surface area contributed by atoms with E-state index in [2.05, 4.69) is 9.97 Å². The molecule has 0 saturated heterocycles. The van der Waals surface area contributed by atoms with Gasteiger partial charge in [-0.3, -0.25) is 0 Å². The molecule has 0 radical (unpaired) electrons. The van der Waals surface area contributed by atoms with E-state index in [9.17, 15) is 8.42 Å². The third kappa shape index (κ3) is 1.88. The lowest BCUT2D eigenvalue weighted by molar-refractivity contribution is 0.589. The summed E-state index contributed by atoms with van der Waals surface area (Å²) in [4.78, 5) is 8.97. The lowest BCUT2D eigenvalue weighted by atomic mass is 10.3. The van der Waals surface area contributed by atoms with Crippen LogP contribution in [0.5, 0.6) is 0 Å². The van der Waals surface area contributed by atoms with Crippen molar-refractivity contribution < 1.29 is 8.42 Å². The van der Waals surface area contributed by atoms with Gasteiger partial charge in [-0.25, -0.2) is 18.4 Å². The Morgan fingerprint density at radius 3 is 2.75 bits per heavy atom. The number of hydrogen-bond donors (Lipinski definition) is 1. The zero-order valence-corrected chi connectivity index (χ0v) is 10.5. The molecule has 0 aliphatic carbocycles. The second kappa shape index (κ2) is 3.67. The van der Waals surface area contributed by atoms with E-state index in [1.165, 1.54) is 11.3 Å². The van der Waals surface area contributed by atoms with E-state index in [1.807, 2.05) is 11.4 Å². The van der Waals surface area contributed by atoms with Crippen LogP contribution in [0.1, 0.15) is 18.0 Å². The monoisotopic (exact) mass is 257 g/mol. The van der Waals surface area contributed by atoms with Crippen molar-refractivity contribution in [2.24, 2.45) is 0 Å². The van der Waals surface area contributed by atoms with Crippen LogP contribution in [0.15, 0.2) is 11.4 Å². The number of thiophene rings is 1. The molecule has 7 heteroatoms. The number of sulfone groups is 1. The number of anilines is 1. The molecule has 1 unspecified atom stereocenters. The number of rotatable bonds is 2. The first-order valence-corrected chi connectivity index (χ1v) is 7.42. The maximum absolute atomic E-state index is 11.4. The molecule has 2 aromatic rings. The van der Waals surface area contributed by atoms with Crippen LogP contribution in [0.2, 0.25) is 0 Å². The number of nitrogens with zero attached hydrogens (tertiary/aromatic N) is 2. The molecule has 2 rings (SSSR count). The van der Waals surface area contributed by atoms with Gasteiger partial charge >= 0.3 is 0 Å². The fourth-order valence-corrected chi connectivity index (χ4v) is 2.54. The normalized spacial score (nSPS) is 14.1. The van der Waals surface area contributed by atoms with Gasteiger partial charge in [-0.05, 0) is 18.4 Å². The van der Waals surface area contributed by atoms with Crippen LogP contribution < -0.4 is 5.73 Å². The largest absolute Gasteiger partial charge is 0.383 e. The second-order valence-electron chi connectivity index (χ2n) is 3.58. The highest BCUT2D eigenvalue weighted by atomic mass is 32.2. The highest BCUT2D eigenvalue weighted by Crippen LogP contribution is 2.26. The van der Waals surface area contributed by atoms with E-state index >= 15 is 0 Å². The molecule has 0 aliphatic rings. The lowest BCUT2D eigenvalue weighted by Crippen LogP contribution is -2.12. The van der Waals surface area contributed by atoms with Crippen molar-refractivity contribution in [2.45, 2.75) is 12.2 Å². The van der Waals surface area contributed by atoms with Crippen LogP contribution in [-0.2, 0) is 9.84 Å². The van der Waals surface area contributed by atoms with Crippen molar-refractivity contribution in [3.05, 3.63) is 17.3 Å². The highest BCUT2D eigenvalue weighted by Gasteiger charge is 2.21. The van der Waals surface area contributed by atoms with Gasteiger partial charge in [0.25, 0.3) is 0 Å². The second-order valence-corrected chi connectivity index (χ2v) is 6.84. The molecule has 2 aromatic heterocycles.